The zero-order valence-electron chi connectivity index (χ0n) is 13.4. The number of benzene rings is 1. The molecular formula is C16H19N7. The van der Waals surface area contributed by atoms with Crippen molar-refractivity contribution < 1.29 is 0 Å². The molecule has 0 amide bonds. The van der Waals surface area contributed by atoms with E-state index in [1.165, 1.54) is 0 Å². The molecule has 1 aliphatic heterocycles. The van der Waals surface area contributed by atoms with Gasteiger partial charge in [0.15, 0.2) is 12.1 Å². The van der Waals surface area contributed by atoms with Crippen molar-refractivity contribution in [3.8, 4) is 0 Å². The van der Waals surface area contributed by atoms with Gasteiger partial charge >= 0.3 is 0 Å². The molecule has 7 nitrogen and oxygen atoms in total. The van der Waals surface area contributed by atoms with Gasteiger partial charge < -0.3 is 5.73 Å². The average molecular weight is 309 g/mol. The number of nitrogens with one attached hydrogen (secondary N) is 1. The van der Waals surface area contributed by atoms with Crippen LogP contribution in [0.5, 0.6) is 0 Å². The molecule has 1 aromatic carbocycles. The van der Waals surface area contributed by atoms with Crippen molar-refractivity contribution in [2.45, 2.75) is 25.9 Å². The Labute approximate surface area is 133 Å². The minimum Gasteiger partial charge on any atom is -0.370 e. The second kappa shape index (κ2) is 4.84. The van der Waals surface area contributed by atoms with Crippen LogP contribution in [0.15, 0.2) is 35.5 Å². The summed E-state index contributed by atoms with van der Waals surface area (Å²) >= 11 is 0. The zero-order valence-corrected chi connectivity index (χ0v) is 13.4. The monoisotopic (exact) mass is 309 g/mol. The number of hydrogen-bond donors (Lipinski definition) is 2. The van der Waals surface area contributed by atoms with Crippen LogP contribution in [0.2, 0.25) is 0 Å². The first-order chi connectivity index (χ1) is 11.0. The van der Waals surface area contributed by atoms with E-state index in [2.05, 4.69) is 38.8 Å². The van der Waals surface area contributed by atoms with Gasteiger partial charge in [-0.1, -0.05) is 26.0 Å². The van der Waals surface area contributed by atoms with Crippen LogP contribution in [0, 0.1) is 0 Å². The van der Waals surface area contributed by atoms with Gasteiger partial charge in [0.25, 0.3) is 0 Å². The van der Waals surface area contributed by atoms with E-state index in [4.69, 9.17) is 5.73 Å². The number of para-hydroxylation sites is 2. The maximum atomic E-state index is 5.99. The van der Waals surface area contributed by atoms with Crippen LogP contribution in [0.4, 0.5) is 5.95 Å². The highest BCUT2D eigenvalue weighted by atomic mass is 15.4. The van der Waals surface area contributed by atoms with Gasteiger partial charge in [-0.3, -0.25) is 14.6 Å². The number of aromatic nitrogens is 4. The molecular weight excluding hydrogens is 290 g/mol. The Balaban J connectivity index is 1.98. The summed E-state index contributed by atoms with van der Waals surface area (Å²) in [6.45, 7) is 4.26. The van der Waals surface area contributed by atoms with E-state index < -0.39 is 0 Å². The summed E-state index contributed by atoms with van der Waals surface area (Å²) in [6, 6.07) is 8.01. The number of guanidine groups is 1. The van der Waals surface area contributed by atoms with Crippen molar-refractivity contribution in [1.29, 1.82) is 0 Å². The van der Waals surface area contributed by atoms with Gasteiger partial charge in [-0.05, 0) is 18.1 Å². The summed E-state index contributed by atoms with van der Waals surface area (Å²) in [4.78, 5) is 9.25. The third kappa shape index (κ3) is 2.08. The van der Waals surface area contributed by atoms with Crippen molar-refractivity contribution >= 4 is 22.9 Å². The molecule has 0 aliphatic carbocycles. The van der Waals surface area contributed by atoms with Crippen molar-refractivity contribution in [3.05, 3.63) is 41.7 Å². The Hall–Kier alpha value is -2.83. The Morgan fingerprint density at radius 3 is 2.83 bits per heavy atom. The summed E-state index contributed by atoms with van der Waals surface area (Å²) in [7, 11) is 1.93. The van der Waals surface area contributed by atoms with E-state index in [-0.39, 0.29) is 6.17 Å². The number of aryl methyl sites for hydroxylation is 1. The van der Waals surface area contributed by atoms with Gasteiger partial charge in [-0.15, -0.1) is 0 Å². The van der Waals surface area contributed by atoms with Gasteiger partial charge in [0.2, 0.25) is 5.95 Å². The van der Waals surface area contributed by atoms with E-state index in [1.54, 1.807) is 0 Å². The quantitative estimate of drug-likeness (QED) is 0.759. The lowest BCUT2D eigenvalue weighted by Crippen LogP contribution is -2.31. The van der Waals surface area contributed by atoms with Gasteiger partial charge in [0.05, 0.1) is 16.7 Å². The fourth-order valence-electron chi connectivity index (χ4n) is 3.10. The lowest BCUT2D eigenvalue weighted by molar-refractivity contribution is 0.613. The molecule has 7 heteroatoms. The molecule has 0 saturated heterocycles. The van der Waals surface area contributed by atoms with E-state index in [9.17, 15) is 0 Å². The molecule has 3 aromatic rings. The molecule has 1 atom stereocenters. The number of rotatable bonds is 2. The lowest BCUT2D eigenvalue weighted by atomic mass is 10.0. The Bertz CT molecular complexity index is 916. The third-order valence-electron chi connectivity index (χ3n) is 4.05. The number of fused-ring (bicyclic) bond motifs is 3. The van der Waals surface area contributed by atoms with Crippen molar-refractivity contribution in [2.75, 3.05) is 5.32 Å². The zero-order chi connectivity index (χ0) is 16.1. The van der Waals surface area contributed by atoms with Crippen molar-refractivity contribution in [1.82, 2.24) is 19.3 Å². The number of nitrogens with zero attached hydrogens (tertiary/aromatic N) is 5. The van der Waals surface area contributed by atoms with Crippen LogP contribution in [-0.2, 0) is 7.05 Å². The van der Waals surface area contributed by atoms with Crippen LogP contribution in [0.1, 0.15) is 37.2 Å². The average Bonchev–Trinajstić information content (AvgIpc) is 3.06. The largest absolute Gasteiger partial charge is 0.370 e. The number of aliphatic imine (C=N–C) groups is 1. The summed E-state index contributed by atoms with van der Waals surface area (Å²) in [5, 5.41) is 7.66. The maximum Gasteiger partial charge on any atom is 0.212 e. The van der Waals surface area contributed by atoms with Gasteiger partial charge in [-0.2, -0.15) is 5.10 Å². The molecule has 0 fully saturated rings. The number of anilines is 1. The Morgan fingerprint density at radius 2 is 2.04 bits per heavy atom. The summed E-state index contributed by atoms with van der Waals surface area (Å²) in [5.41, 5.74) is 10.0. The Morgan fingerprint density at radius 1 is 1.26 bits per heavy atom. The molecule has 0 spiro atoms. The molecule has 0 bridgehead atoms. The second-order valence-corrected chi connectivity index (χ2v) is 6.11. The highest BCUT2D eigenvalue weighted by Crippen LogP contribution is 2.35. The topological polar surface area (TPSA) is 86.1 Å². The predicted molar refractivity (Wildman–Crippen MR) is 90.4 cm³/mol. The molecule has 0 saturated carbocycles. The predicted octanol–water partition coefficient (Wildman–Crippen LogP) is 2.18. The third-order valence-corrected chi connectivity index (χ3v) is 4.05. The fourth-order valence-corrected chi connectivity index (χ4v) is 3.10. The first-order valence-corrected chi connectivity index (χ1v) is 7.65. The maximum absolute atomic E-state index is 5.99. The van der Waals surface area contributed by atoms with Gasteiger partial charge in [0.1, 0.15) is 0 Å². The molecule has 4 rings (SSSR count). The normalized spacial score (nSPS) is 17.2. The summed E-state index contributed by atoms with van der Waals surface area (Å²) in [5.74, 6) is 1.38. The molecule has 2 aromatic heterocycles. The highest BCUT2D eigenvalue weighted by molar-refractivity contribution is 5.94. The van der Waals surface area contributed by atoms with Crippen LogP contribution in [0.25, 0.3) is 11.0 Å². The van der Waals surface area contributed by atoms with Crippen LogP contribution in [-0.4, -0.2) is 25.3 Å². The smallest absolute Gasteiger partial charge is 0.212 e. The summed E-state index contributed by atoms with van der Waals surface area (Å²) < 4.78 is 3.91. The minimum atomic E-state index is -0.259. The first kappa shape index (κ1) is 13.8. The summed E-state index contributed by atoms with van der Waals surface area (Å²) in [6.07, 6.45) is 1.76. The Kier molecular flexibility index (Phi) is 2.90. The molecule has 23 heavy (non-hydrogen) atoms. The molecule has 3 N–H and O–H groups in total. The van der Waals surface area contributed by atoms with E-state index in [0.717, 1.165) is 22.3 Å². The number of nitrogens with two attached hydrogens (primary N) is 1. The van der Waals surface area contributed by atoms with Gasteiger partial charge in [-0.25, -0.2) is 9.98 Å². The standard InChI is InChI=1S/C16H19N7/c1-9(2)13-10(8-22(3)21-13)14-19-15(17)20-16-18-11-6-4-5-7-12(11)23(14)16/h4-9,14H,1-3H3,(H3,17,18,19,20). The minimum absolute atomic E-state index is 0.259. The number of imidazole rings is 1. The van der Waals surface area contributed by atoms with E-state index in [1.807, 2.05) is 42.2 Å². The number of hydrogen-bond acceptors (Lipinski definition) is 5. The molecule has 118 valence electrons. The second-order valence-electron chi connectivity index (χ2n) is 6.11. The molecule has 1 unspecified atom stereocenters. The van der Waals surface area contributed by atoms with E-state index >= 15 is 0 Å². The van der Waals surface area contributed by atoms with Crippen molar-refractivity contribution in [2.24, 2.45) is 17.8 Å². The van der Waals surface area contributed by atoms with Crippen LogP contribution >= 0.6 is 0 Å². The van der Waals surface area contributed by atoms with Crippen molar-refractivity contribution in [3.63, 3.8) is 0 Å². The molecule has 3 heterocycles. The van der Waals surface area contributed by atoms with E-state index in [0.29, 0.717) is 17.8 Å². The highest BCUT2D eigenvalue weighted by Gasteiger charge is 2.28. The van der Waals surface area contributed by atoms with Gasteiger partial charge in [0, 0.05) is 18.8 Å². The lowest BCUT2D eigenvalue weighted by Gasteiger charge is -2.24. The molecule has 0 radical (unpaired) electrons. The van der Waals surface area contributed by atoms with Crippen LogP contribution < -0.4 is 11.1 Å². The SMILES string of the molecule is CC(C)c1nn(C)cc1C1N=C(N)Nc2nc3ccccc3n21. The first-order valence-electron chi connectivity index (χ1n) is 7.65. The fraction of sp³-hybridized carbons (Fsp3) is 0.312. The van der Waals surface area contributed by atoms with Crippen LogP contribution in [0.3, 0.4) is 0 Å². The molecule has 1 aliphatic rings.